The van der Waals surface area contributed by atoms with E-state index in [1.807, 2.05) is 37.9 Å². The highest BCUT2D eigenvalue weighted by atomic mass is 35.5. The van der Waals surface area contributed by atoms with E-state index < -0.39 is 5.82 Å². The predicted octanol–water partition coefficient (Wildman–Crippen LogP) is 3.84. The lowest BCUT2D eigenvalue weighted by Crippen LogP contribution is -2.59. The van der Waals surface area contributed by atoms with Crippen LogP contribution in [0.1, 0.15) is 13.8 Å². The lowest BCUT2D eigenvalue weighted by Gasteiger charge is -2.45. The van der Waals surface area contributed by atoms with E-state index in [9.17, 15) is 4.79 Å². The van der Waals surface area contributed by atoms with Gasteiger partial charge in [0, 0.05) is 73.3 Å². The Morgan fingerprint density at radius 2 is 1.88 bits per heavy atom. The quantitative estimate of drug-likeness (QED) is 0.252. The van der Waals surface area contributed by atoms with Gasteiger partial charge in [-0.1, -0.05) is 30.3 Å². The molecule has 0 bridgehead atoms. The maximum absolute atomic E-state index is 16.9. The van der Waals surface area contributed by atoms with Crippen LogP contribution in [0.15, 0.2) is 37.1 Å². The minimum Gasteiger partial charge on any atom is -0.349 e. The van der Waals surface area contributed by atoms with Crippen LogP contribution in [0.3, 0.4) is 0 Å². The minimum absolute atomic E-state index is 0.0784. The second-order valence-corrected chi connectivity index (χ2v) is 12.6. The Morgan fingerprint density at radius 3 is 2.57 bits per heavy atom. The molecule has 2 aromatic heterocycles. The number of fused-ring (bicyclic) bond motifs is 2. The second kappa shape index (κ2) is 10.7. The summed E-state index contributed by atoms with van der Waals surface area (Å²) >= 11 is 6.96. The van der Waals surface area contributed by atoms with Crippen molar-refractivity contribution < 1.29 is 9.18 Å². The number of likely N-dealkylation sites (N-methyl/N-ethyl adjacent to an activating group) is 1. The van der Waals surface area contributed by atoms with Crippen LogP contribution >= 0.6 is 20.8 Å². The van der Waals surface area contributed by atoms with Crippen LogP contribution in [0.2, 0.25) is 5.02 Å². The first-order valence-electron chi connectivity index (χ1n) is 14.0. The van der Waals surface area contributed by atoms with Gasteiger partial charge in [-0.3, -0.25) is 9.48 Å². The predicted molar refractivity (Wildman–Crippen MR) is 171 cm³/mol. The zero-order chi connectivity index (χ0) is 30.0. The summed E-state index contributed by atoms with van der Waals surface area (Å²) in [6.45, 7) is 10.2. The highest BCUT2D eigenvalue weighted by molar-refractivity contribution is 7.28. The van der Waals surface area contributed by atoms with E-state index in [0.717, 1.165) is 29.3 Å². The molecule has 2 aromatic carbocycles. The summed E-state index contributed by atoms with van der Waals surface area (Å²) in [6.07, 6.45) is 3.11. The topological polar surface area (TPSA) is 73.6 Å². The van der Waals surface area contributed by atoms with Crippen molar-refractivity contribution in [2.75, 3.05) is 50.1 Å². The van der Waals surface area contributed by atoms with Gasteiger partial charge in [0.05, 0.1) is 16.7 Å². The number of hydrogen-bond donors (Lipinski definition) is 0. The van der Waals surface area contributed by atoms with Gasteiger partial charge >= 0.3 is 0 Å². The molecule has 6 rings (SSSR count). The average Bonchev–Trinajstić information content (AvgIpc) is 3.30. The number of anilines is 2. The molecule has 9 nitrogen and oxygen atoms in total. The van der Waals surface area contributed by atoms with Gasteiger partial charge in [0.2, 0.25) is 11.9 Å². The van der Waals surface area contributed by atoms with Crippen molar-refractivity contribution in [3.05, 3.63) is 47.9 Å². The van der Waals surface area contributed by atoms with E-state index in [2.05, 4.69) is 49.7 Å². The Hall–Kier alpha value is -3.33. The molecule has 0 N–H and O–H groups in total. The fraction of sp³-hybridized carbons (Fsp3) is 0.400. The van der Waals surface area contributed by atoms with E-state index in [0.29, 0.717) is 41.8 Å². The molecule has 3 atom stereocenters. The normalized spacial score (nSPS) is 19.7. The molecule has 4 heterocycles. The molecule has 12 heteroatoms. The van der Waals surface area contributed by atoms with Gasteiger partial charge in [-0.2, -0.15) is 10.1 Å². The molecule has 2 aliphatic rings. The van der Waals surface area contributed by atoms with E-state index in [-0.39, 0.29) is 34.1 Å². The highest BCUT2D eigenvalue weighted by Crippen LogP contribution is 2.42. The first-order chi connectivity index (χ1) is 20.0. The molecular formula is C30H35ClFN8OP. The van der Waals surface area contributed by atoms with Crippen molar-refractivity contribution in [1.29, 1.82) is 0 Å². The van der Waals surface area contributed by atoms with Crippen molar-refractivity contribution in [3.63, 3.8) is 0 Å². The monoisotopic (exact) mass is 608 g/mol. The third-order valence-corrected chi connectivity index (χ3v) is 9.41. The summed E-state index contributed by atoms with van der Waals surface area (Å²) in [5.41, 5.74) is 1.96. The van der Waals surface area contributed by atoms with Gasteiger partial charge in [-0.25, -0.2) is 9.37 Å². The van der Waals surface area contributed by atoms with Gasteiger partial charge in [0.1, 0.15) is 11.3 Å². The molecule has 2 saturated heterocycles. The third kappa shape index (κ3) is 4.60. The number of nitrogens with zero attached hydrogens (tertiary/aromatic N) is 8. The van der Waals surface area contributed by atoms with Crippen LogP contribution in [0, 0.1) is 5.82 Å². The van der Waals surface area contributed by atoms with Gasteiger partial charge in [0.25, 0.3) is 0 Å². The Kier molecular flexibility index (Phi) is 7.36. The molecule has 0 saturated carbocycles. The number of carbonyl (C=O) groups is 1. The minimum atomic E-state index is -0.495. The molecule has 220 valence electrons. The Bertz CT molecular complexity index is 1740. The number of rotatable bonds is 5. The molecule has 4 aromatic rings. The fourth-order valence-corrected chi connectivity index (χ4v) is 6.76. The summed E-state index contributed by atoms with van der Waals surface area (Å²) in [5, 5.41) is 6.91. The third-order valence-electron chi connectivity index (χ3n) is 8.63. The van der Waals surface area contributed by atoms with Gasteiger partial charge in [-0.05, 0) is 45.4 Å². The van der Waals surface area contributed by atoms with Crippen molar-refractivity contribution in [1.82, 2.24) is 29.5 Å². The maximum Gasteiger partial charge on any atom is 0.246 e. The zero-order valence-corrected chi connectivity index (χ0v) is 26.4. The van der Waals surface area contributed by atoms with Crippen LogP contribution in [-0.2, 0) is 11.8 Å². The number of carbonyl (C=O) groups excluding carboxylic acids is 1. The average molecular weight is 609 g/mol. The molecule has 0 radical (unpaired) electrons. The van der Waals surface area contributed by atoms with Gasteiger partial charge < -0.3 is 19.6 Å². The Balaban J connectivity index is 1.55. The standard InChI is InChI=1S/C30H35ClFN8OP/c1-7-23(41)39-12-17(3)40(13-16(39)2)29-20-10-21(31)24(25-22(42)9-8-18-11-33-37(6)28(18)25)26(32)27(20)34-30(35-29)38-14-19(15-38)36(4)5/h7-11,16-17,19H,1,12-15,42H2,2-6H3/t16-,17+/m1/s1. The van der Waals surface area contributed by atoms with E-state index >= 15 is 4.39 Å². The van der Waals surface area contributed by atoms with E-state index in [1.165, 1.54) is 6.08 Å². The van der Waals surface area contributed by atoms with Gasteiger partial charge in [-0.15, -0.1) is 9.24 Å². The number of halogens is 2. The molecule has 0 spiro atoms. The summed E-state index contributed by atoms with van der Waals surface area (Å²) in [7, 11) is 8.64. The second-order valence-electron chi connectivity index (χ2n) is 11.6. The number of aryl methyl sites for hydroxylation is 1. The number of amides is 1. The number of hydrogen-bond acceptors (Lipinski definition) is 7. The maximum atomic E-state index is 16.9. The van der Waals surface area contributed by atoms with Crippen molar-refractivity contribution in [3.8, 4) is 11.1 Å². The van der Waals surface area contributed by atoms with Crippen LogP contribution in [-0.4, -0.2) is 93.9 Å². The molecule has 2 aliphatic heterocycles. The van der Waals surface area contributed by atoms with Crippen LogP contribution < -0.4 is 15.1 Å². The summed E-state index contributed by atoms with van der Waals surface area (Å²) < 4.78 is 18.7. The molecule has 42 heavy (non-hydrogen) atoms. The van der Waals surface area contributed by atoms with Crippen LogP contribution in [0.25, 0.3) is 32.9 Å². The first kappa shape index (κ1) is 28.8. The van der Waals surface area contributed by atoms with Crippen molar-refractivity contribution >= 4 is 65.6 Å². The molecular weight excluding hydrogens is 574 g/mol. The van der Waals surface area contributed by atoms with Crippen molar-refractivity contribution in [2.24, 2.45) is 7.05 Å². The summed E-state index contributed by atoms with van der Waals surface area (Å²) in [5.74, 6) is 0.502. The van der Waals surface area contributed by atoms with Crippen molar-refractivity contribution in [2.45, 2.75) is 32.0 Å². The first-order valence-corrected chi connectivity index (χ1v) is 15.0. The Morgan fingerprint density at radius 1 is 1.14 bits per heavy atom. The fourth-order valence-electron chi connectivity index (χ4n) is 6.09. The largest absolute Gasteiger partial charge is 0.349 e. The van der Waals surface area contributed by atoms with Crippen LogP contribution in [0.5, 0.6) is 0 Å². The van der Waals surface area contributed by atoms with E-state index in [1.54, 1.807) is 16.9 Å². The lowest BCUT2D eigenvalue weighted by molar-refractivity contribution is -0.128. The molecule has 1 amide bonds. The molecule has 1 unspecified atom stereocenters. The Labute approximate surface area is 252 Å². The number of aromatic nitrogens is 4. The smallest absolute Gasteiger partial charge is 0.246 e. The zero-order valence-electron chi connectivity index (χ0n) is 24.5. The summed E-state index contributed by atoms with van der Waals surface area (Å²) in [4.78, 5) is 30.6. The van der Waals surface area contributed by atoms with E-state index in [4.69, 9.17) is 21.6 Å². The number of benzene rings is 2. The number of piperazine rings is 1. The summed E-state index contributed by atoms with van der Waals surface area (Å²) in [6, 6.07) is 5.87. The van der Waals surface area contributed by atoms with Crippen LogP contribution in [0.4, 0.5) is 16.2 Å². The molecule has 0 aliphatic carbocycles. The SMILES string of the molecule is C=CC(=O)N1C[C@H](C)N(c2nc(N3CC(N(C)C)C3)nc3c(F)c(-c4c(P)ccc5cnn(C)c45)c(Cl)cc23)C[C@H]1C. The molecule has 2 fully saturated rings. The lowest BCUT2D eigenvalue weighted by atomic mass is 9.99. The highest BCUT2D eigenvalue weighted by Gasteiger charge is 2.36. The van der Waals surface area contributed by atoms with Gasteiger partial charge in [0.15, 0.2) is 5.82 Å².